The molecule has 0 spiro atoms. The van der Waals surface area contributed by atoms with Crippen molar-refractivity contribution in [1.29, 1.82) is 0 Å². The van der Waals surface area contributed by atoms with E-state index >= 15 is 0 Å². The largest absolute Gasteiger partial charge is 0.497 e. The minimum atomic E-state index is -3.48. The van der Waals surface area contributed by atoms with Crippen molar-refractivity contribution < 1.29 is 22.4 Å². The van der Waals surface area contributed by atoms with Crippen LogP contribution in [0.1, 0.15) is 18.4 Å². The maximum absolute atomic E-state index is 12.3. The SMILES string of the molecule is COc1ccc(S(=O)(=O)CCCC(=O)Nc2nnc(-c3cccc(C)c3)o2)cc1. The first-order valence-electron chi connectivity index (χ1n) is 8.94. The highest BCUT2D eigenvalue weighted by Gasteiger charge is 2.16. The summed E-state index contributed by atoms with van der Waals surface area (Å²) in [5, 5.41) is 10.2. The molecule has 152 valence electrons. The van der Waals surface area contributed by atoms with Gasteiger partial charge in [-0.2, -0.15) is 0 Å². The Labute approximate surface area is 168 Å². The molecule has 1 aromatic heterocycles. The second-order valence-electron chi connectivity index (χ2n) is 6.43. The molecule has 9 heteroatoms. The lowest BCUT2D eigenvalue weighted by Gasteiger charge is -2.05. The molecular weight excluding hydrogens is 394 g/mol. The molecule has 0 aliphatic rings. The molecule has 1 heterocycles. The van der Waals surface area contributed by atoms with E-state index in [0.717, 1.165) is 11.1 Å². The van der Waals surface area contributed by atoms with Crippen molar-refractivity contribution in [3.63, 3.8) is 0 Å². The van der Waals surface area contributed by atoms with Crippen molar-refractivity contribution in [2.75, 3.05) is 18.2 Å². The fourth-order valence-electron chi connectivity index (χ4n) is 2.67. The number of hydrogen-bond acceptors (Lipinski definition) is 7. The maximum atomic E-state index is 12.3. The van der Waals surface area contributed by atoms with Crippen LogP contribution in [0.5, 0.6) is 5.75 Å². The van der Waals surface area contributed by atoms with Gasteiger partial charge < -0.3 is 9.15 Å². The van der Waals surface area contributed by atoms with E-state index in [0.29, 0.717) is 11.6 Å². The molecule has 0 aliphatic heterocycles. The van der Waals surface area contributed by atoms with Gasteiger partial charge in [-0.3, -0.25) is 10.1 Å². The average molecular weight is 415 g/mol. The summed E-state index contributed by atoms with van der Waals surface area (Å²) in [4.78, 5) is 12.3. The Bertz CT molecular complexity index is 1090. The number of carbonyl (C=O) groups excluding carboxylic acids is 1. The number of carbonyl (C=O) groups is 1. The Morgan fingerprint density at radius 2 is 1.90 bits per heavy atom. The second kappa shape index (κ2) is 8.87. The number of aryl methyl sites for hydroxylation is 1. The third kappa shape index (κ3) is 5.41. The highest BCUT2D eigenvalue weighted by atomic mass is 32.2. The monoisotopic (exact) mass is 415 g/mol. The zero-order chi connectivity index (χ0) is 20.9. The minimum Gasteiger partial charge on any atom is -0.497 e. The predicted octanol–water partition coefficient (Wildman–Crippen LogP) is 3.25. The number of nitrogens with one attached hydrogen (secondary N) is 1. The van der Waals surface area contributed by atoms with Crippen molar-refractivity contribution in [3.8, 4) is 17.2 Å². The van der Waals surface area contributed by atoms with Crippen molar-refractivity contribution in [1.82, 2.24) is 10.2 Å². The van der Waals surface area contributed by atoms with E-state index in [9.17, 15) is 13.2 Å². The van der Waals surface area contributed by atoms with Gasteiger partial charge in [0.25, 0.3) is 0 Å². The van der Waals surface area contributed by atoms with Gasteiger partial charge in [-0.25, -0.2) is 8.42 Å². The van der Waals surface area contributed by atoms with Crippen LogP contribution in [0.4, 0.5) is 6.01 Å². The zero-order valence-electron chi connectivity index (χ0n) is 16.1. The topological polar surface area (TPSA) is 111 Å². The van der Waals surface area contributed by atoms with Gasteiger partial charge in [-0.15, -0.1) is 5.10 Å². The lowest BCUT2D eigenvalue weighted by Crippen LogP contribution is -2.14. The number of amides is 1. The summed E-state index contributed by atoms with van der Waals surface area (Å²) in [5.41, 5.74) is 1.80. The number of rotatable bonds is 8. The molecule has 2 aromatic carbocycles. The Balaban J connectivity index is 1.52. The third-order valence-corrected chi connectivity index (χ3v) is 5.99. The van der Waals surface area contributed by atoms with E-state index in [1.807, 2.05) is 31.2 Å². The van der Waals surface area contributed by atoms with E-state index in [2.05, 4.69) is 15.5 Å². The quantitative estimate of drug-likeness (QED) is 0.601. The molecule has 0 saturated carbocycles. The van der Waals surface area contributed by atoms with Gasteiger partial charge in [0.05, 0.1) is 17.8 Å². The molecule has 0 saturated heterocycles. The molecule has 0 bridgehead atoms. The van der Waals surface area contributed by atoms with Crippen LogP contribution in [0.15, 0.2) is 57.8 Å². The molecule has 0 fully saturated rings. The van der Waals surface area contributed by atoms with Gasteiger partial charge in [0, 0.05) is 12.0 Å². The predicted molar refractivity (Wildman–Crippen MR) is 107 cm³/mol. The highest BCUT2D eigenvalue weighted by molar-refractivity contribution is 7.91. The van der Waals surface area contributed by atoms with Crippen LogP contribution in [0, 0.1) is 6.92 Å². The highest BCUT2D eigenvalue weighted by Crippen LogP contribution is 2.21. The summed E-state index contributed by atoms with van der Waals surface area (Å²) in [5.74, 6) is 0.332. The number of nitrogens with zero attached hydrogens (tertiary/aromatic N) is 2. The van der Waals surface area contributed by atoms with Crippen LogP contribution in [0.2, 0.25) is 0 Å². The maximum Gasteiger partial charge on any atom is 0.322 e. The molecule has 3 rings (SSSR count). The molecule has 29 heavy (non-hydrogen) atoms. The van der Waals surface area contributed by atoms with Crippen LogP contribution in [-0.2, 0) is 14.6 Å². The van der Waals surface area contributed by atoms with Gasteiger partial charge in [0.2, 0.25) is 11.8 Å². The molecule has 8 nitrogen and oxygen atoms in total. The van der Waals surface area contributed by atoms with E-state index in [4.69, 9.17) is 9.15 Å². The average Bonchev–Trinajstić information content (AvgIpc) is 3.16. The lowest BCUT2D eigenvalue weighted by molar-refractivity contribution is -0.116. The summed E-state index contributed by atoms with van der Waals surface area (Å²) in [6.45, 7) is 1.95. The summed E-state index contributed by atoms with van der Waals surface area (Å²) in [7, 11) is -1.97. The van der Waals surface area contributed by atoms with Crippen molar-refractivity contribution in [3.05, 3.63) is 54.1 Å². The third-order valence-electron chi connectivity index (χ3n) is 4.17. The second-order valence-corrected chi connectivity index (χ2v) is 8.54. The summed E-state index contributed by atoms with van der Waals surface area (Å²) < 4.78 is 35.2. The molecule has 0 aliphatic carbocycles. The first-order chi connectivity index (χ1) is 13.9. The number of benzene rings is 2. The standard InChI is InChI=1S/C20H21N3O5S/c1-14-5-3-6-15(13-14)19-22-23-20(28-19)21-18(24)7-4-12-29(25,26)17-10-8-16(27-2)9-11-17/h3,5-6,8-11,13H,4,7,12H2,1-2H3,(H,21,23,24). The minimum absolute atomic E-state index is 0.0115. The molecule has 0 unspecified atom stereocenters. The Morgan fingerprint density at radius 1 is 1.14 bits per heavy atom. The fraction of sp³-hybridized carbons (Fsp3) is 0.250. The fourth-order valence-corrected chi connectivity index (χ4v) is 3.98. The molecular formula is C20H21N3O5S. The lowest BCUT2D eigenvalue weighted by atomic mass is 10.1. The Hall–Kier alpha value is -3.20. The molecule has 3 aromatic rings. The molecule has 0 radical (unpaired) electrons. The smallest absolute Gasteiger partial charge is 0.322 e. The first-order valence-corrected chi connectivity index (χ1v) is 10.6. The van der Waals surface area contributed by atoms with Crippen LogP contribution >= 0.6 is 0 Å². The van der Waals surface area contributed by atoms with Crippen LogP contribution in [0.3, 0.4) is 0 Å². The number of aromatic nitrogens is 2. The van der Waals surface area contributed by atoms with Crippen LogP contribution in [-0.4, -0.2) is 37.4 Å². The van der Waals surface area contributed by atoms with Gasteiger partial charge in [-0.05, 0) is 49.7 Å². The Morgan fingerprint density at radius 3 is 2.59 bits per heavy atom. The van der Waals surface area contributed by atoms with Crippen molar-refractivity contribution in [2.45, 2.75) is 24.7 Å². The van der Waals surface area contributed by atoms with Crippen LogP contribution in [0.25, 0.3) is 11.5 Å². The van der Waals surface area contributed by atoms with Crippen molar-refractivity contribution in [2.24, 2.45) is 0 Å². The van der Waals surface area contributed by atoms with Gasteiger partial charge in [0.1, 0.15) is 5.75 Å². The number of ether oxygens (including phenoxy) is 1. The summed E-state index contributed by atoms with van der Waals surface area (Å²) in [6.07, 6.45) is 0.177. The first kappa shape index (κ1) is 20.5. The van der Waals surface area contributed by atoms with E-state index in [-0.39, 0.29) is 29.5 Å². The molecule has 1 amide bonds. The number of sulfone groups is 1. The van der Waals surface area contributed by atoms with E-state index < -0.39 is 15.7 Å². The summed E-state index contributed by atoms with van der Waals surface area (Å²) in [6, 6.07) is 13.7. The van der Waals surface area contributed by atoms with Gasteiger partial charge in [0.15, 0.2) is 9.84 Å². The molecule has 0 atom stereocenters. The number of anilines is 1. The van der Waals surface area contributed by atoms with Gasteiger partial charge in [-0.1, -0.05) is 22.8 Å². The van der Waals surface area contributed by atoms with Crippen molar-refractivity contribution >= 4 is 21.8 Å². The Kier molecular flexibility index (Phi) is 6.28. The number of hydrogen-bond donors (Lipinski definition) is 1. The van der Waals surface area contributed by atoms with Gasteiger partial charge >= 0.3 is 6.01 Å². The van der Waals surface area contributed by atoms with E-state index in [1.165, 1.54) is 19.2 Å². The molecule has 1 N–H and O–H groups in total. The van der Waals surface area contributed by atoms with Crippen LogP contribution < -0.4 is 10.1 Å². The normalized spacial score (nSPS) is 11.2. The zero-order valence-corrected chi connectivity index (χ0v) is 16.9. The number of methoxy groups -OCH3 is 1. The summed E-state index contributed by atoms with van der Waals surface area (Å²) >= 11 is 0. The van der Waals surface area contributed by atoms with E-state index in [1.54, 1.807) is 12.1 Å².